The molecule has 2 aromatic carbocycles. The van der Waals surface area contributed by atoms with Crippen LogP contribution in [0.1, 0.15) is 21.6 Å². The highest BCUT2D eigenvalue weighted by Crippen LogP contribution is 2.29. The van der Waals surface area contributed by atoms with Crippen molar-refractivity contribution in [3.8, 4) is 11.5 Å². The van der Waals surface area contributed by atoms with E-state index >= 15 is 0 Å². The molecule has 0 unspecified atom stereocenters. The fraction of sp³-hybridized carbons (Fsp3) is 0.200. The van der Waals surface area contributed by atoms with Crippen LogP contribution >= 0.6 is 11.6 Å². The number of anilines is 1. The smallest absolute Gasteiger partial charge is 0.264 e. The van der Waals surface area contributed by atoms with Gasteiger partial charge >= 0.3 is 0 Å². The Bertz CT molecular complexity index is 947. The summed E-state index contributed by atoms with van der Waals surface area (Å²) in [7, 11) is 3.02. The molecular formula is C20H20ClN3O3. The fourth-order valence-electron chi connectivity index (χ4n) is 2.77. The van der Waals surface area contributed by atoms with Gasteiger partial charge in [0.2, 0.25) is 0 Å². The van der Waals surface area contributed by atoms with Gasteiger partial charge in [-0.05, 0) is 30.7 Å². The zero-order valence-electron chi connectivity index (χ0n) is 15.3. The summed E-state index contributed by atoms with van der Waals surface area (Å²) in [5.41, 5.74) is 2.17. The first kappa shape index (κ1) is 18.8. The van der Waals surface area contributed by atoms with Crippen molar-refractivity contribution in [2.75, 3.05) is 19.5 Å². The normalized spacial score (nSPS) is 10.5. The maximum Gasteiger partial charge on any atom is 0.264 e. The van der Waals surface area contributed by atoms with Crippen LogP contribution in [0.2, 0.25) is 5.02 Å². The van der Waals surface area contributed by atoms with Crippen LogP contribution in [0.4, 0.5) is 5.82 Å². The molecule has 0 spiro atoms. The molecule has 0 bridgehead atoms. The maximum absolute atomic E-state index is 12.8. The van der Waals surface area contributed by atoms with Gasteiger partial charge in [-0.25, -0.2) is 0 Å². The van der Waals surface area contributed by atoms with Gasteiger partial charge in [-0.2, -0.15) is 5.10 Å². The lowest BCUT2D eigenvalue weighted by Crippen LogP contribution is -2.15. The fourth-order valence-corrected chi connectivity index (χ4v) is 2.97. The number of carbonyl (C=O) groups excluding carboxylic acids is 1. The summed E-state index contributed by atoms with van der Waals surface area (Å²) < 4.78 is 12.4. The average molecular weight is 386 g/mol. The lowest BCUT2D eigenvalue weighted by atomic mass is 10.1. The van der Waals surface area contributed by atoms with Gasteiger partial charge in [0.05, 0.1) is 20.8 Å². The summed E-state index contributed by atoms with van der Waals surface area (Å²) in [6.07, 6.45) is 0. The van der Waals surface area contributed by atoms with Gasteiger partial charge in [0, 0.05) is 16.8 Å². The second-order valence-electron chi connectivity index (χ2n) is 5.91. The van der Waals surface area contributed by atoms with Gasteiger partial charge in [0.15, 0.2) is 5.82 Å². The first-order chi connectivity index (χ1) is 13.0. The standard InChI is InChI=1S/C20H20ClN3O3/c1-13-11-18(23-24(13)12-14-7-4-5-8-15(14)21)22-20(25)19-16(26-2)9-6-10-17(19)27-3/h4-11H,12H2,1-3H3,(H,22,23,25). The number of hydrogen-bond donors (Lipinski definition) is 1. The number of rotatable bonds is 6. The number of aryl methyl sites for hydroxylation is 1. The second kappa shape index (κ2) is 8.14. The van der Waals surface area contributed by atoms with Crippen LogP contribution in [0.25, 0.3) is 0 Å². The molecule has 3 aromatic rings. The Labute approximate surface area is 162 Å². The van der Waals surface area contributed by atoms with E-state index in [2.05, 4.69) is 10.4 Å². The van der Waals surface area contributed by atoms with Crippen LogP contribution in [0.3, 0.4) is 0 Å². The van der Waals surface area contributed by atoms with Crippen LogP contribution in [0, 0.1) is 6.92 Å². The van der Waals surface area contributed by atoms with Crippen molar-refractivity contribution in [2.45, 2.75) is 13.5 Å². The molecule has 0 fully saturated rings. The van der Waals surface area contributed by atoms with Crippen LogP contribution in [0.15, 0.2) is 48.5 Å². The highest BCUT2D eigenvalue weighted by Gasteiger charge is 2.19. The molecule has 0 saturated heterocycles. The van der Waals surface area contributed by atoms with Crippen molar-refractivity contribution in [3.05, 3.63) is 70.4 Å². The predicted molar refractivity (Wildman–Crippen MR) is 105 cm³/mol. The second-order valence-corrected chi connectivity index (χ2v) is 6.32. The Morgan fingerprint density at radius 1 is 1.11 bits per heavy atom. The molecule has 1 heterocycles. The number of ether oxygens (including phenoxy) is 2. The van der Waals surface area contributed by atoms with Crippen LogP contribution in [0.5, 0.6) is 11.5 Å². The lowest BCUT2D eigenvalue weighted by Gasteiger charge is -2.12. The minimum atomic E-state index is -0.355. The van der Waals surface area contributed by atoms with E-state index < -0.39 is 0 Å². The molecule has 0 aliphatic heterocycles. The number of hydrogen-bond acceptors (Lipinski definition) is 4. The van der Waals surface area contributed by atoms with E-state index in [1.807, 2.05) is 31.2 Å². The molecule has 0 saturated carbocycles. The molecule has 0 aliphatic rings. The van der Waals surface area contributed by atoms with Crippen molar-refractivity contribution in [1.29, 1.82) is 0 Å². The summed E-state index contributed by atoms with van der Waals surface area (Å²) in [4.78, 5) is 12.8. The first-order valence-corrected chi connectivity index (χ1v) is 8.71. The predicted octanol–water partition coefficient (Wildman–Crippen LogP) is 4.16. The Morgan fingerprint density at radius 2 is 1.78 bits per heavy atom. The first-order valence-electron chi connectivity index (χ1n) is 8.33. The van der Waals surface area contributed by atoms with Crippen LogP contribution in [-0.2, 0) is 6.54 Å². The summed E-state index contributed by atoms with van der Waals surface area (Å²) in [6, 6.07) is 14.6. The summed E-state index contributed by atoms with van der Waals surface area (Å²) in [5.74, 6) is 0.947. The Balaban J connectivity index is 1.83. The van der Waals surface area contributed by atoms with Crippen molar-refractivity contribution < 1.29 is 14.3 Å². The van der Waals surface area contributed by atoms with Gasteiger partial charge in [-0.15, -0.1) is 0 Å². The number of amides is 1. The largest absolute Gasteiger partial charge is 0.496 e. The maximum atomic E-state index is 12.8. The minimum Gasteiger partial charge on any atom is -0.496 e. The number of aromatic nitrogens is 2. The number of carbonyl (C=O) groups is 1. The number of nitrogens with zero attached hydrogens (tertiary/aromatic N) is 2. The quantitative estimate of drug-likeness (QED) is 0.691. The van der Waals surface area contributed by atoms with Crippen molar-refractivity contribution in [1.82, 2.24) is 9.78 Å². The average Bonchev–Trinajstić information content (AvgIpc) is 3.01. The zero-order valence-corrected chi connectivity index (χ0v) is 16.1. The molecule has 27 heavy (non-hydrogen) atoms. The minimum absolute atomic E-state index is 0.320. The Kier molecular flexibility index (Phi) is 5.66. The summed E-state index contributed by atoms with van der Waals surface area (Å²) >= 11 is 6.23. The van der Waals surface area contributed by atoms with Crippen LogP contribution < -0.4 is 14.8 Å². The van der Waals surface area contributed by atoms with Crippen molar-refractivity contribution in [2.24, 2.45) is 0 Å². The van der Waals surface area contributed by atoms with Gasteiger partial charge < -0.3 is 14.8 Å². The third-order valence-corrected chi connectivity index (χ3v) is 4.52. The van der Waals surface area contributed by atoms with Gasteiger partial charge in [-0.1, -0.05) is 35.9 Å². The molecule has 1 N–H and O–H groups in total. The molecule has 0 aliphatic carbocycles. The Hall–Kier alpha value is -2.99. The number of benzene rings is 2. The molecule has 7 heteroatoms. The van der Waals surface area contributed by atoms with Gasteiger partial charge in [0.1, 0.15) is 17.1 Å². The molecular weight excluding hydrogens is 366 g/mol. The lowest BCUT2D eigenvalue weighted by molar-refractivity contribution is 0.102. The molecule has 140 valence electrons. The third-order valence-electron chi connectivity index (χ3n) is 4.16. The van der Waals surface area contributed by atoms with Crippen molar-refractivity contribution >= 4 is 23.3 Å². The van der Waals surface area contributed by atoms with E-state index in [0.29, 0.717) is 34.4 Å². The monoisotopic (exact) mass is 385 g/mol. The number of halogens is 1. The van der Waals surface area contributed by atoms with E-state index in [4.69, 9.17) is 21.1 Å². The SMILES string of the molecule is COc1cccc(OC)c1C(=O)Nc1cc(C)n(Cc2ccccc2Cl)n1. The summed E-state index contributed by atoms with van der Waals surface area (Å²) in [6.45, 7) is 2.43. The van der Waals surface area contributed by atoms with E-state index in [0.717, 1.165) is 11.3 Å². The Morgan fingerprint density at radius 3 is 2.41 bits per heavy atom. The summed E-state index contributed by atoms with van der Waals surface area (Å²) in [5, 5.41) is 7.95. The molecule has 6 nitrogen and oxygen atoms in total. The molecule has 1 amide bonds. The zero-order chi connectivity index (χ0) is 19.4. The molecule has 0 radical (unpaired) electrons. The molecule has 0 atom stereocenters. The molecule has 3 rings (SSSR count). The van der Waals surface area contributed by atoms with E-state index in [1.54, 1.807) is 28.9 Å². The topological polar surface area (TPSA) is 65.4 Å². The molecule has 1 aromatic heterocycles. The van der Waals surface area contributed by atoms with E-state index in [1.165, 1.54) is 14.2 Å². The highest BCUT2D eigenvalue weighted by atomic mass is 35.5. The third kappa shape index (κ3) is 4.06. The van der Waals surface area contributed by atoms with E-state index in [-0.39, 0.29) is 5.91 Å². The number of nitrogens with one attached hydrogen (secondary N) is 1. The van der Waals surface area contributed by atoms with Crippen LogP contribution in [-0.4, -0.2) is 29.9 Å². The van der Waals surface area contributed by atoms with Crippen molar-refractivity contribution in [3.63, 3.8) is 0 Å². The van der Waals surface area contributed by atoms with Gasteiger partial charge in [-0.3, -0.25) is 9.48 Å². The van der Waals surface area contributed by atoms with Gasteiger partial charge in [0.25, 0.3) is 5.91 Å². The highest BCUT2D eigenvalue weighted by molar-refractivity contribution is 6.31. The van der Waals surface area contributed by atoms with E-state index in [9.17, 15) is 4.79 Å². The number of methoxy groups -OCH3 is 2.